The third kappa shape index (κ3) is 2.98. The van der Waals surface area contributed by atoms with Crippen molar-refractivity contribution in [3.63, 3.8) is 0 Å². The van der Waals surface area contributed by atoms with Crippen LogP contribution in [-0.2, 0) is 0 Å². The molecule has 0 aliphatic rings. The van der Waals surface area contributed by atoms with Gasteiger partial charge >= 0.3 is 0 Å². The van der Waals surface area contributed by atoms with E-state index < -0.39 is 0 Å². The molecule has 78 valence electrons. The molecule has 0 fully saturated rings. The van der Waals surface area contributed by atoms with Crippen LogP contribution in [0.5, 0.6) is 0 Å². The molecular weight excluding hydrogens is 198 g/mol. The van der Waals surface area contributed by atoms with Gasteiger partial charge in [-0.1, -0.05) is 29.8 Å². The zero-order chi connectivity index (χ0) is 10.6. The van der Waals surface area contributed by atoms with E-state index in [9.17, 15) is 0 Å². The van der Waals surface area contributed by atoms with Crippen molar-refractivity contribution < 1.29 is 5.11 Å². The van der Waals surface area contributed by atoms with E-state index in [0.29, 0.717) is 0 Å². The third-order valence-electron chi connectivity index (χ3n) is 2.18. The Balaban J connectivity index is 2.69. The first kappa shape index (κ1) is 11.5. The van der Waals surface area contributed by atoms with E-state index in [2.05, 4.69) is 5.32 Å². The molecule has 0 aromatic heterocycles. The van der Waals surface area contributed by atoms with Crippen LogP contribution in [0.1, 0.15) is 25.5 Å². The zero-order valence-electron chi connectivity index (χ0n) is 8.50. The van der Waals surface area contributed by atoms with Crippen LogP contribution in [0.15, 0.2) is 24.3 Å². The topological polar surface area (TPSA) is 32.3 Å². The predicted molar refractivity (Wildman–Crippen MR) is 59.6 cm³/mol. The predicted octanol–water partition coefficient (Wildman–Crippen LogP) is 2.37. The van der Waals surface area contributed by atoms with Gasteiger partial charge in [-0.25, -0.2) is 0 Å². The van der Waals surface area contributed by atoms with E-state index in [-0.39, 0.29) is 18.7 Å². The molecular formula is C11H16ClNO. The molecule has 1 rings (SSSR count). The quantitative estimate of drug-likeness (QED) is 0.805. The van der Waals surface area contributed by atoms with Crippen LogP contribution in [0.3, 0.4) is 0 Å². The molecule has 1 aromatic rings. The van der Waals surface area contributed by atoms with Crippen LogP contribution < -0.4 is 5.32 Å². The zero-order valence-corrected chi connectivity index (χ0v) is 9.25. The van der Waals surface area contributed by atoms with E-state index in [1.54, 1.807) is 0 Å². The maximum atomic E-state index is 8.90. The lowest BCUT2D eigenvalue weighted by molar-refractivity contribution is 0.243. The second-order valence-corrected chi connectivity index (χ2v) is 3.90. The molecule has 3 heteroatoms. The van der Waals surface area contributed by atoms with Gasteiger partial charge in [0, 0.05) is 17.1 Å². The summed E-state index contributed by atoms with van der Waals surface area (Å²) in [6.45, 7) is 4.11. The fourth-order valence-electron chi connectivity index (χ4n) is 1.40. The van der Waals surface area contributed by atoms with Crippen LogP contribution in [0.2, 0.25) is 5.02 Å². The van der Waals surface area contributed by atoms with Gasteiger partial charge in [-0.15, -0.1) is 0 Å². The maximum absolute atomic E-state index is 8.90. The van der Waals surface area contributed by atoms with Gasteiger partial charge < -0.3 is 10.4 Å². The molecule has 2 N–H and O–H groups in total. The van der Waals surface area contributed by atoms with E-state index in [4.69, 9.17) is 16.7 Å². The molecule has 0 aliphatic carbocycles. The molecule has 0 spiro atoms. The third-order valence-corrected chi connectivity index (χ3v) is 2.52. The van der Waals surface area contributed by atoms with Crippen LogP contribution in [0.4, 0.5) is 0 Å². The molecule has 1 unspecified atom stereocenters. The van der Waals surface area contributed by atoms with Gasteiger partial charge in [0.05, 0.1) is 6.61 Å². The fraction of sp³-hybridized carbons (Fsp3) is 0.455. The van der Waals surface area contributed by atoms with Crippen molar-refractivity contribution in [1.82, 2.24) is 5.32 Å². The summed E-state index contributed by atoms with van der Waals surface area (Å²) in [5, 5.41) is 12.9. The van der Waals surface area contributed by atoms with Crippen molar-refractivity contribution in [2.24, 2.45) is 0 Å². The van der Waals surface area contributed by atoms with Gasteiger partial charge in [0.2, 0.25) is 0 Å². The highest BCUT2D eigenvalue weighted by molar-refractivity contribution is 6.31. The summed E-state index contributed by atoms with van der Waals surface area (Å²) in [4.78, 5) is 0. The summed E-state index contributed by atoms with van der Waals surface area (Å²) in [5.74, 6) is 0. The lowest BCUT2D eigenvalue weighted by Crippen LogP contribution is -2.31. The summed E-state index contributed by atoms with van der Waals surface area (Å²) >= 11 is 6.04. The Morgan fingerprint density at radius 1 is 1.36 bits per heavy atom. The number of nitrogens with one attached hydrogen (secondary N) is 1. The van der Waals surface area contributed by atoms with Gasteiger partial charge in [-0.2, -0.15) is 0 Å². The summed E-state index contributed by atoms with van der Waals surface area (Å²) in [7, 11) is 0. The number of rotatable bonds is 4. The standard InChI is InChI=1S/C11H16ClNO/c1-8(7-14)13-9(2)10-5-3-4-6-11(10)12/h3-6,8-9,13-14H,7H2,1-2H3/t8-,9?/m0/s1. The molecule has 0 radical (unpaired) electrons. The lowest BCUT2D eigenvalue weighted by atomic mass is 10.1. The van der Waals surface area contributed by atoms with Crippen molar-refractivity contribution in [3.05, 3.63) is 34.9 Å². The van der Waals surface area contributed by atoms with Crippen LogP contribution in [0, 0.1) is 0 Å². The summed E-state index contributed by atoms with van der Waals surface area (Å²) in [6.07, 6.45) is 0. The molecule has 14 heavy (non-hydrogen) atoms. The second-order valence-electron chi connectivity index (χ2n) is 3.49. The van der Waals surface area contributed by atoms with E-state index in [0.717, 1.165) is 10.6 Å². The van der Waals surface area contributed by atoms with Crippen molar-refractivity contribution in [2.45, 2.75) is 25.9 Å². The first-order chi connectivity index (χ1) is 6.65. The van der Waals surface area contributed by atoms with E-state index in [1.165, 1.54) is 0 Å². The summed E-state index contributed by atoms with van der Waals surface area (Å²) in [6, 6.07) is 7.98. The largest absolute Gasteiger partial charge is 0.395 e. The second kappa shape index (κ2) is 5.35. The van der Waals surface area contributed by atoms with Crippen molar-refractivity contribution >= 4 is 11.6 Å². The van der Waals surface area contributed by atoms with Gasteiger partial charge in [0.15, 0.2) is 0 Å². The smallest absolute Gasteiger partial charge is 0.0582 e. The summed E-state index contributed by atoms with van der Waals surface area (Å²) in [5.41, 5.74) is 1.06. The van der Waals surface area contributed by atoms with Gasteiger partial charge in [0.25, 0.3) is 0 Å². The summed E-state index contributed by atoms with van der Waals surface area (Å²) < 4.78 is 0. The van der Waals surface area contributed by atoms with Gasteiger partial charge in [-0.3, -0.25) is 0 Å². The molecule has 1 aromatic carbocycles. The highest BCUT2D eigenvalue weighted by Gasteiger charge is 2.10. The Morgan fingerprint density at radius 3 is 2.57 bits per heavy atom. The first-order valence-corrected chi connectivity index (χ1v) is 5.14. The fourth-order valence-corrected chi connectivity index (χ4v) is 1.69. The van der Waals surface area contributed by atoms with Crippen LogP contribution in [0.25, 0.3) is 0 Å². The number of hydrogen-bond acceptors (Lipinski definition) is 2. The van der Waals surface area contributed by atoms with Crippen LogP contribution in [-0.4, -0.2) is 17.8 Å². The SMILES string of the molecule is CC(N[C@@H](C)CO)c1ccccc1Cl. The average molecular weight is 214 g/mol. The number of halogens is 1. The number of aliphatic hydroxyl groups is 1. The van der Waals surface area contributed by atoms with E-state index in [1.807, 2.05) is 38.1 Å². The highest BCUT2D eigenvalue weighted by Crippen LogP contribution is 2.22. The molecule has 2 nitrogen and oxygen atoms in total. The number of benzene rings is 1. The number of hydrogen-bond donors (Lipinski definition) is 2. The first-order valence-electron chi connectivity index (χ1n) is 4.76. The molecule has 2 atom stereocenters. The Bertz CT molecular complexity index is 290. The van der Waals surface area contributed by atoms with Crippen LogP contribution >= 0.6 is 11.6 Å². The normalized spacial score (nSPS) is 15.1. The molecule has 0 heterocycles. The van der Waals surface area contributed by atoms with Gasteiger partial charge in [0.1, 0.15) is 0 Å². The minimum Gasteiger partial charge on any atom is -0.395 e. The number of aliphatic hydroxyl groups excluding tert-OH is 1. The Kier molecular flexibility index (Phi) is 4.39. The monoisotopic (exact) mass is 213 g/mol. The molecule has 0 aliphatic heterocycles. The highest BCUT2D eigenvalue weighted by atomic mass is 35.5. The van der Waals surface area contributed by atoms with Gasteiger partial charge in [-0.05, 0) is 25.5 Å². The van der Waals surface area contributed by atoms with Crippen molar-refractivity contribution in [2.75, 3.05) is 6.61 Å². The average Bonchev–Trinajstić information content (AvgIpc) is 2.18. The molecule has 0 amide bonds. The minimum atomic E-state index is 0.0845. The van der Waals surface area contributed by atoms with E-state index >= 15 is 0 Å². The maximum Gasteiger partial charge on any atom is 0.0582 e. The molecule has 0 saturated carbocycles. The Labute approximate surface area is 89.9 Å². The van der Waals surface area contributed by atoms with Crippen molar-refractivity contribution in [1.29, 1.82) is 0 Å². The Morgan fingerprint density at radius 2 is 2.00 bits per heavy atom. The minimum absolute atomic E-state index is 0.0845. The molecule has 0 bridgehead atoms. The lowest BCUT2D eigenvalue weighted by Gasteiger charge is -2.19. The molecule has 0 saturated heterocycles. The van der Waals surface area contributed by atoms with Crippen molar-refractivity contribution in [3.8, 4) is 0 Å². The Hall–Kier alpha value is -0.570.